The van der Waals surface area contributed by atoms with Crippen LogP contribution in [0.25, 0.3) is 0 Å². The standard InChI is InChI=1S/C13H14O2/c1-11(2)15-13-9-4-3-7-12(13)8-5-6-10-14/h3-4,7,9-11H,6H2,1-2H3. The van der Waals surface area contributed by atoms with Gasteiger partial charge in [0.05, 0.1) is 18.1 Å². The molecule has 0 amide bonds. The molecule has 0 heterocycles. The first-order valence-corrected chi connectivity index (χ1v) is 4.92. The summed E-state index contributed by atoms with van der Waals surface area (Å²) in [6, 6.07) is 7.57. The molecule has 0 fully saturated rings. The van der Waals surface area contributed by atoms with Gasteiger partial charge in [0.25, 0.3) is 0 Å². The highest BCUT2D eigenvalue weighted by Gasteiger charge is 2.01. The van der Waals surface area contributed by atoms with Crippen LogP contribution in [0, 0.1) is 11.8 Å². The van der Waals surface area contributed by atoms with Crippen LogP contribution in [0.3, 0.4) is 0 Å². The number of hydrogen-bond acceptors (Lipinski definition) is 2. The Morgan fingerprint density at radius 3 is 2.80 bits per heavy atom. The lowest BCUT2D eigenvalue weighted by Crippen LogP contribution is -2.06. The number of benzene rings is 1. The van der Waals surface area contributed by atoms with Crippen LogP contribution in [0.4, 0.5) is 0 Å². The highest BCUT2D eigenvalue weighted by Crippen LogP contribution is 2.17. The predicted molar refractivity (Wildman–Crippen MR) is 59.8 cm³/mol. The van der Waals surface area contributed by atoms with Crippen LogP contribution in [-0.4, -0.2) is 12.4 Å². The summed E-state index contributed by atoms with van der Waals surface area (Å²) in [6.07, 6.45) is 1.17. The smallest absolute Gasteiger partial charge is 0.135 e. The van der Waals surface area contributed by atoms with E-state index in [0.29, 0.717) is 0 Å². The Hall–Kier alpha value is -1.75. The molecule has 2 nitrogen and oxygen atoms in total. The summed E-state index contributed by atoms with van der Waals surface area (Å²) in [5.74, 6) is 6.45. The lowest BCUT2D eigenvalue weighted by molar-refractivity contribution is -0.107. The van der Waals surface area contributed by atoms with Crippen molar-refractivity contribution in [2.45, 2.75) is 26.4 Å². The minimum atomic E-state index is 0.124. The molecule has 0 saturated heterocycles. The van der Waals surface area contributed by atoms with E-state index < -0.39 is 0 Å². The molecule has 1 aromatic rings. The van der Waals surface area contributed by atoms with Crippen molar-refractivity contribution >= 4 is 6.29 Å². The van der Waals surface area contributed by atoms with E-state index in [0.717, 1.165) is 17.6 Å². The largest absolute Gasteiger partial charge is 0.490 e. The summed E-state index contributed by atoms with van der Waals surface area (Å²) >= 11 is 0. The average molecular weight is 202 g/mol. The number of rotatable bonds is 3. The molecule has 0 aliphatic carbocycles. The fourth-order valence-corrected chi connectivity index (χ4v) is 1.11. The second-order valence-corrected chi connectivity index (χ2v) is 3.34. The zero-order valence-corrected chi connectivity index (χ0v) is 8.99. The molecule has 0 bridgehead atoms. The molecule has 2 heteroatoms. The highest BCUT2D eigenvalue weighted by atomic mass is 16.5. The zero-order valence-electron chi connectivity index (χ0n) is 8.99. The first-order valence-electron chi connectivity index (χ1n) is 4.92. The first kappa shape index (κ1) is 11.3. The van der Waals surface area contributed by atoms with E-state index in [2.05, 4.69) is 11.8 Å². The normalized spacial score (nSPS) is 9.27. The van der Waals surface area contributed by atoms with Crippen LogP contribution in [0.2, 0.25) is 0 Å². The van der Waals surface area contributed by atoms with Crippen LogP contribution in [0.1, 0.15) is 25.8 Å². The van der Waals surface area contributed by atoms with Gasteiger partial charge in [-0.25, -0.2) is 0 Å². The Kier molecular flexibility index (Phi) is 4.43. The average Bonchev–Trinajstić information content (AvgIpc) is 2.20. The molecule has 0 atom stereocenters. The highest BCUT2D eigenvalue weighted by molar-refractivity contribution is 5.56. The molecule has 0 saturated carbocycles. The Morgan fingerprint density at radius 2 is 2.13 bits per heavy atom. The Balaban J connectivity index is 2.87. The molecule has 78 valence electrons. The number of aldehydes is 1. The molecule has 0 aliphatic rings. The van der Waals surface area contributed by atoms with Crippen molar-refractivity contribution in [1.29, 1.82) is 0 Å². The lowest BCUT2D eigenvalue weighted by Gasteiger charge is -2.10. The SMILES string of the molecule is CC(C)Oc1ccccc1C#CCC=O. The van der Waals surface area contributed by atoms with Gasteiger partial charge in [-0.15, -0.1) is 0 Å². The van der Waals surface area contributed by atoms with Gasteiger partial charge in [-0.1, -0.05) is 24.0 Å². The van der Waals surface area contributed by atoms with Crippen molar-refractivity contribution in [1.82, 2.24) is 0 Å². The van der Waals surface area contributed by atoms with E-state index in [4.69, 9.17) is 4.74 Å². The number of para-hydroxylation sites is 1. The quantitative estimate of drug-likeness (QED) is 0.555. The van der Waals surface area contributed by atoms with Crippen molar-refractivity contribution in [2.75, 3.05) is 0 Å². The summed E-state index contributed by atoms with van der Waals surface area (Å²) in [6.45, 7) is 3.94. The summed E-state index contributed by atoms with van der Waals surface area (Å²) < 4.78 is 5.59. The molecule has 0 radical (unpaired) electrons. The van der Waals surface area contributed by atoms with E-state index in [1.165, 1.54) is 0 Å². The van der Waals surface area contributed by atoms with Crippen molar-refractivity contribution in [3.8, 4) is 17.6 Å². The van der Waals surface area contributed by atoms with E-state index in [-0.39, 0.29) is 12.5 Å². The summed E-state index contributed by atoms with van der Waals surface area (Å²) in [7, 11) is 0. The molecule has 1 rings (SSSR count). The van der Waals surface area contributed by atoms with Gasteiger partial charge in [0, 0.05) is 0 Å². The van der Waals surface area contributed by atoms with Gasteiger partial charge in [-0.2, -0.15) is 0 Å². The minimum Gasteiger partial charge on any atom is -0.490 e. The molecule has 0 aliphatic heterocycles. The van der Waals surface area contributed by atoms with E-state index >= 15 is 0 Å². The topological polar surface area (TPSA) is 26.3 Å². The number of ether oxygens (including phenoxy) is 1. The number of hydrogen-bond donors (Lipinski definition) is 0. The van der Waals surface area contributed by atoms with Crippen LogP contribution in [-0.2, 0) is 4.79 Å². The van der Waals surface area contributed by atoms with Gasteiger partial charge in [0.1, 0.15) is 12.0 Å². The first-order chi connectivity index (χ1) is 7.24. The third-order valence-electron chi connectivity index (χ3n) is 1.66. The monoisotopic (exact) mass is 202 g/mol. The van der Waals surface area contributed by atoms with E-state index in [9.17, 15) is 4.79 Å². The van der Waals surface area contributed by atoms with Crippen LogP contribution in [0.15, 0.2) is 24.3 Å². The van der Waals surface area contributed by atoms with Gasteiger partial charge in [0.15, 0.2) is 0 Å². The number of carbonyl (C=O) groups is 1. The Bertz CT molecular complexity index is 383. The zero-order chi connectivity index (χ0) is 11.1. The Morgan fingerprint density at radius 1 is 1.40 bits per heavy atom. The molecule has 1 aromatic carbocycles. The maximum absolute atomic E-state index is 10.1. The number of carbonyl (C=O) groups excluding carboxylic acids is 1. The van der Waals surface area contributed by atoms with Crippen LogP contribution in [0.5, 0.6) is 5.75 Å². The fraction of sp³-hybridized carbons (Fsp3) is 0.308. The van der Waals surface area contributed by atoms with Gasteiger partial charge >= 0.3 is 0 Å². The van der Waals surface area contributed by atoms with Crippen LogP contribution < -0.4 is 4.74 Å². The summed E-state index contributed by atoms with van der Waals surface area (Å²) in [5.41, 5.74) is 0.827. The van der Waals surface area contributed by atoms with Crippen molar-refractivity contribution < 1.29 is 9.53 Å². The summed E-state index contributed by atoms with van der Waals surface area (Å²) in [5, 5.41) is 0. The maximum Gasteiger partial charge on any atom is 0.135 e. The van der Waals surface area contributed by atoms with Crippen molar-refractivity contribution in [3.63, 3.8) is 0 Å². The van der Waals surface area contributed by atoms with Gasteiger partial charge in [-0.05, 0) is 26.0 Å². The molecule has 0 N–H and O–H groups in total. The van der Waals surface area contributed by atoms with Gasteiger partial charge in [0.2, 0.25) is 0 Å². The second kappa shape index (κ2) is 5.87. The third kappa shape index (κ3) is 3.86. The maximum atomic E-state index is 10.1. The minimum absolute atomic E-state index is 0.124. The molecular formula is C13H14O2. The van der Waals surface area contributed by atoms with Crippen molar-refractivity contribution in [2.24, 2.45) is 0 Å². The third-order valence-corrected chi connectivity index (χ3v) is 1.66. The Labute approximate surface area is 90.3 Å². The van der Waals surface area contributed by atoms with Gasteiger partial charge < -0.3 is 9.53 Å². The van der Waals surface area contributed by atoms with Crippen LogP contribution >= 0.6 is 0 Å². The predicted octanol–water partition coefficient (Wildman–Crippen LogP) is 2.41. The molecular weight excluding hydrogens is 188 g/mol. The lowest BCUT2D eigenvalue weighted by atomic mass is 10.2. The second-order valence-electron chi connectivity index (χ2n) is 3.34. The van der Waals surface area contributed by atoms with E-state index in [1.807, 2.05) is 38.1 Å². The molecule has 0 aromatic heterocycles. The fourth-order valence-electron chi connectivity index (χ4n) is 1.11. The summed E-state index contributed by atoms with van der Waals surface area (Å²) in [4.78, 5) is 10.1. The van der Waals surface area contributed by atoms with Crippen molar-refractivity contribution in [3.05, 3.63) is 29.8 Å². The molecule has 0 unspecified atom stereocenters. The van der Waals surface area contributed by atoms with Gasteiger partial charge in [-0.3, -0.25) is 0 Å². The molecule has 0 spiro atoms. The van der Waals surface area contributed by atoms with E-state index in [1.54, 1.807) is 0 Å². The molecule has 15 heavy (non-hydrogen) atoms.